The molecule has 2 aromatic carbocycles. The number of esters is 1. The summed E-state index contributed by atoms with van der Waals surface area (Å²) in [5.41, 5.74) is 8.98. The van der Waals surface area contributed by atoms with E-state index < -0.39 is 5.97 Å². The van der Waals surface area contributed by atoms with E-state index in [2.05, 4.69) is 19.8 Å². The normalized spacial score (nSPS) is 17.2. The summed E-state index contributed by atoms with van der Waals surface area (Å²) in [4.78, 5) is 70.9. The second kappa shape index (κ2) is 21.3. The molecule has 2 N–H and O–H groups in total. The first kappa shape index (κ1) is 44.8. The molecular weight excluding hydrogens is 837 g/mol. The van der Waals surface area contributed by atoms with Gasteiger partial charge in [0.25, 0.3) is 0 Å². The lowest BCUT2D eigenvalue weighted by molar-refractivity contribution is -0.0738. The molecule has 18 heteroatoms. The van der Waals surface area contributed by atoms with Crippen molar-refractivity contribution in [1.29, 1.82) is 0 Å². The number of benzene rings is 2. The summed E-state index contributed by atoms with van der Waals surface area (Å²) in [7, 11) is 1.33. The number of amides is 4. The Hall–Kier alpha value is -5.20. The average molecular weight is 889 g/mol. The van der Waals surface area contributed by atoms with E-state index in [1.165, 1.54) is 19.5 Å². The number of urea groups is 2. The van der Waals surface area contributed by atoms with Crippen LogP contribution in [0, 0.1) is 0 Å². The predicted molar refractivity (Wildman–Crippen MR) is 235 cm³/mol. The maximum Gasteiger partial charge on any atom is 0.339 e. The number of ketones is 1. The minimum Gasteiger partial charge on any atom is -0.465 e. The van der Waals surface area contributed by atoms with E-state index in [1.54, 1.807) is 58.3 Å². The number of methoxy groups -OCH3 is 1. The fourth-order valence-electron chi connectivity index (χ4n) is 7.47. The van der Waals surface area contributed by atoms with Crippen molar-refractivity contribution >= 4 is 58.4 Å². The largest absolute Gasteiger partial charge is 0.465 e. The number of nitrogens with two attached hydrogens (primary N) is 1. The second-order valence-electron chi connectivity index (χ2n) is 15.3. The number of hydrogen-bond donors (Lipinski definition) is 1. The molecule has 0 saturated carbocycles. The van der Waals surface area contributed by atoms with Gasteiger partial charge in [-0.3, -0.25) is 34.4 Å². The Kier molecular flexibility index (Phi) is 15.4. The number of carbonyl (C=O) groups is 4. The summed E-state index contributed by atoms with van der Waals surface area (Å²) in [6.07, 6.45) is 2.96. The summed E-state index contributed by atoms with van der Waals surface area (Å²) >= 11 is 12.4. The highest BCUT2D eigenvalue weighted by atomic mass is 35.5. The van der Waals surface area contributed by atoms with Crippen LogP contribution in [0.25, 0.3) is 0 Å². The van der Waals surface area contributed by atoms with Crippen molar-refractivity contribution < 1.29 is 33.4 Å². The molecule has 0 unspecified atom stereocenters. The first-order chi connectivity index (χ1) is 30.1. The van der Waals surface area contributed by atoms with Crippen LogP contribution in [0.5, 0.6) is 0 Å². The lowest BCUT2D eigenvalue weighted by atomic mass is 10.1. The third kappa shape index (κ3) is 11.2. The molecule has 62 heavy (non-hydrogen) atoms. The SMILES string of the molecule is COC(=O)c1ccc(CN(C(=O)N2CCN(C3COC3)CC2)c2cccc(Cl)c2)nc1.NCC(=O)c1ccc(CN(C(=O)N2CCN(C3COC3)CC2)c2cccc(Cl)c2)nc1. The fourth-order valence-corrected chi connectivity index (χ4v) is 7.84. The molecule has 0 spiro atoms. The molecule has 4 aliphatic rings. The fraction of sp³-hybridized carbons (Fsp3) is 0.409. The van der Waals surface area contributed by atoms with E-state index in [4.69, 9.17) is 43.1 Å². The van der Waals surface area contributed by atoms with Crippen LogP contribution in [0.1, 0.15) is 32.1 Å². The highest BCUT2D eigenvalue weighted by Gasteiger charge is 2.34. The van der Waals surface area contributed by atoms with Crippen molar-refractivity contribution in [2.45, 2.75) is 25.2 Å². The molecule has 328 valence electrons. The van der Waals surface area contributed by atoms with Gasteiger partial charge in [-0.05, 0) is 60.7 Å². The van der Waals surface area contributed by atoms with E-state index in [1.807, 2.05) is 34.1 Å². The second-order valence-corrected chi connectivity index (χ2v) is 16.2. The Morgan fingerprint density at radius 3 is 1.44 bits per heavy atom. The molecule has 8 rings (SSSR count). The van der Waals surface area contributed by atoms with E-state index in [-0.39, 0.29) is 37.5 Å². The van der Waals surface area contributed by atoms with Gasteiger partial charge in [0.2, 0.25) is 0 Å². The first-order valence-corrected chi connectivity index (χ1v) is 21.3. The third-order valence-electron chi connectivity index (χ3n) is 11.4. The van der Waals surface area contributed by atoms with E-state index in [0.29, 0.717) is 82.2 Å². The predicted octanol–water partition coefficient (Wildman–Crippen LogP) is 4.68. The minimum atomic E-state index is -0.448. The number of halogens is 2. The van der Waals surface area contributed by atoms with Crippen LogP contribution < -0.4 is 15.5 Å². The topological polar surface area (TPSA) is 167 Å². The summed E-state index contributed by atoms with van der Waals surface area (Å²) in [6, 6.07) is 22.0. The summed E-state index contributed by atoms with van der Waals surface area (Å²) in [5.74, 6) is -0.617. The van der Waals surface area contributed by atoms with E-state index in [9.17, 15) is 19.2 Å². The Balaban J connectivity index is 0.000000186. The monoisotopic (exact) mass is 887 g/mol. The molecule has 4 aromatic rings. The zero-order valence-corrected chi connectivity index (χ0v) is 36.1. The molecule has 0 bridgehead atoms. The molecule has 4 fully saturated rings. The molecule has 4 aliphatic heterocycles. The number of piperazine rings is 2. The minimum absolute atomic E-state index is 0.0624. The number of aromatic nitrogens is 2. The summed E-state index contributed by atoms with van der Waals surface area (Å²) in [5, 5.41) is 1.11. The van der Waals surface area contributed by atoms with E-state index >= 15 is 0 Å². The van der Waals surface area contributed by atoms with Crippen molar-refractivity contribution in [3.63, 3.8) is 0 Å². The maximum absolute atomic E-state index is 13.5. The van der Waals surface area contributed by atoms with Crippen LogP contribution in [0.2, 0.25) is 10.0 Å². The number of anilines is 2. The summed E-state index contributed by atoms with van der Waals surface area (Å²) in [6.45, 7) is 9.51. The van der Waals surface area contributed by atoms with Crippen LogP contribution in [-0.2, 0) is 27.3 Å². The number of ether oxygens (including phenoxy) is 3. The molecule has 2 aromatic heterocycles. The molecule has 4 amide bonds. The Morgan fingerprint density at radius 2 is 1.10 bits per heavy atom. The number of Topliss-reactive ketones (excluding diaryl/α,β-unsaturated/α-hetero) is 1. The van der Waals surface area contributed by atoms with Gasteiger partial charge in [0.05, 0.1) is 82.2 Å². The molecule has 0 aliphatic carbocycles. The number of carbonyl (C=O) groups excluding carboxylic acids is 4. The van der Waals surface area contributed by atoms with Crippen LogP contribution in [0.15, 0.2) is 85.2 Å². The van der Waals surface area contributed by atoms with Crippen molar-refractivity contribution in [1.82, 2.24) is 29.6 Å². The van der Waals surface area contributed by atoms with Gasteiger partial charge >= 0.3 is 18.0 Å². The van der Waals surface area contributed by atoms with Gasteiger partial charge < -0.3 is 29.7 Å². The van der Waals surface area contributed by atoms with Crippen molar-refractivity contribution in [3.05, 3.63) is 118 Å². The van der Waals surface area contributed by atoms with Crippen LogP contribution >= 0.6 is 23.2 Å². The summed E-state index contributed by atoms with van der Waals surface area (Å²) < 4.78 is 15.3. The number of pyridine rings is 2. The Labute approximate surface area is 371 Å². The first-order valence-electron chi connectivity index (χ1n) is 20.6. The van der Waals surface area contributed by atoms with Gasteiger partial charge in [0, 0.05) is 91.7 Å². The van der Waals surface area contributed by atoms with Gasteiger partial charge in [-0.15, -0.1) is 0 Å². The van der Waals surface area contributed by atoms with Gasteiger partial charge in [0.15, 0.2) is 5.78 Å². The Morgan fingerprint density at radius 1 is 0.661 bits per heavy atom. The van der Waals surface area contributed by atoms with Gasteiger partial charge in [-0.25, -0.2) is 14.4 Å². The van der Waals surface area contributed by atoms with Gasteiger partial charge in [0.1, 0.15) is 0 Å². The lowest BCUT2D eigenvalue weighted by Crippen LogP contribution is -2.59. The molecule has 4 saturated heterocycles. The van der Waals surface area contributed by atoms with Gasteiger partial charge in [-0.1, -0.05) is 35.3 Å². The smallest absolute Gasteiger partial charge is 0.339 e. The van der Waals surface area contributed by atoms with Crippen LogP contribution in [0.3, 0.4) is 0 Å². The maximum atomic E-state index is 13.5. The highest BCUT2D eigenvalue weighted by molar-refractivity contribution is 6.31. The molecular formula is C44H51Cl2N9O7. The zero-order chi connectivity index (χ0) is 43.6. The number of hydrogen-bond acceptors (Lipinski definition) is 12. The molecule has 16 nitrogen and oxygen atoms in total. The van der Waals surface area contributed by atoms with Crippen molar-refractivity contribution in [2.75, 3.05) is 102 Å². The molecule has 0 atom stereocenters. The average Bonchev–Trinajstić information content (AvgIpc) is 3.26. The van der Waals surface area contributed by atoms with Crippen molar-refractivity contribution in [3.8, 4) is 0 Å². The molecule has 0 radical (unpaired) electrons. The Bertz CT molecular complexity index is 2010. The van der Waals surface area contributed by atoms with Gasteiger partial charge in [-0.2, -0.15) is 0 Å². The van der Waals surface area contributed by atoms with Crippen molar-refractivity contribution in [2.24, 2.45) is 5.73 Å². The zero-order valence-electron chi connectivity index (χ0n) is 34.6. The number of rotatable bonds is 11. The highest BCUT2D eigenvalue weighted by Crippen LogP contribution is 2.26. The van der Waals surface area contributed by atoms with Crippen LogP contribution in [0.4, 0.5) is 21.0 Å². The standard InChI is InChI=1S/C22H26ClN5O3.C22H25ClN4O4/c23-17-2-1-3-19(10-17)28(13-18-5-4-16(12-25-18)21(29)11-24)22(30)27-8-6-26(7-9-27)20-14-31-15-20;1-30-21(28)16-5-6-18(24-12-16)13-27(19-4-2-3-17(23)11-19)22(29)26-9-7-25(8-10-26)20-14-31-15-20/h1-5,10,12,20H,6-9,11,13-15,24H2;2-6,11-12,20H,7-10,13-15H2,1H3. The lowest BCUT2D eigenvalue weighted by Gasteiger charge is -2.43. The molecule has 6 heterocycles. The van der Waals surface area contributed by atoms with Crippen LogP contribution in [-0.4, -0.2) is 158 Å². The van der Waals surface area contributed by atoms with E-state index in [0.717, 1.165) is 52.6 Å². The number of nitrogens with zero attached hydrogens (tertiary/aromatic N) is 8. The quantitative estimate of drug-likeness (QED) is 0.164. The third-order valence-corrected chi connectivity index (χ3v) is 11.8.